The molecular weight excluding hydrogens is 369 g/mol. The first-order valence-electron chi connectivity index (χ1n) is 11.7. The van der Waals surface area contributed by atoms with Gasteiger partial charge < -0.3 is 13.9 Å². The van der Waals surface area contributed by atoms with Crippen LogP contribution in [-0.4, -0.2) is 42.9 Å². The van der Waals surface area contributed by atoms with Gasteiger partial charge in [-0.25, -0.2) is 0 Å². The van der Waals surface area contributed by atoms with Gasteiger partial charge in [0.1, 0.15) is 0 Å². The van der Waals surface area contributed by atoms with E-state index < -0.39 is 7.60 Å². The molecule has 1 N–H and O–H groups in total. The molecule has 2 atom stereocenters. The van der Waals surface area contributed by atoms with Crippen LogP contribution in [-0.2, 0) is 9.09 Å². The normalized spacial score (nSPS) is 15.8. The van der Waals surface area contributed by atoms with Crippen LogP contribution in [0.15, 0.2) is 12.2 Å². The van der Waals surface area contributed by atoms with Gasteiger partial charge in [-0.3, -0.25) is 4.57 Å². The second-order valence-electron chi connectivity index (χ2n) is 8.99. The maximum Gasteiger partial charge on any atom is 0.385 e. The van der Waals surface area contributed by atoms with Gasteiger partial charge in [0.15, 0.2) is 5.78 Å². The van der Waals surface area contributed by atoms with E-state index in [9.17, 15) is 9.46 Å². The van der Waals surface area contributed by atoms with Crippen LogP contribution in [0.4, 0.5) is 0 Å². The number of nitrogens with zero attached hydrogens (tertiary/aromatic N) is 1. The Hall–Kier alpha value is -0.150. The topological polar surface area (TPSA) is 46.5 Å². The van der Waals surface area contributed by atoms with Crippen molar-refractivity contribution in [3.8, 4) is 0 Å². The third-order valence-corrected chi connectivity index (χ3v) is 7.68. The Morgan fingerprint density at radius 3 is 1.75 bits per heavy atom. The minimum Gasteiger partial charge on any atom is -0.320 e. The van der Waals surface area contributed by atoms with Gasteiger partial charge in [-0.05, 0) is 32.1 Å². The zero-order valence-electron chi connectivity index (χ0n) is 19.5. The molecule has 0 aromatic rings. The summed E-state index contributed by atoms with van der Waals surface area (Å²) < 4.78 is 18.3. The Bertz CT molecular complexity index is 432. The van der Waals surface area contributed by atoms with Crippen molar-refractivity contribution in [1.29, 1.82) is 0 Å². The molecule has 0 saturated carbocycles. The Morgan fingerprint density at radius 2 is 1.29 bits per heavy atom. The fraction of sp³-hybridized carbons (Fsp3) is 0.913. The van der Waals surface area contributed by atoms with Crippen molar-refractivity contribution in [2.24, 2.45) is 0 Å². The molecule has 0 bridgehead atoms. The first-order chi connectivity index (χ1) is 13.3. The van der Waals surface area contributed by atoms with E-state index >= 15 is 0 Å². The molecule has 0 saturated heterocycles. The molecule has 0 spiro atoms. The number of rotatable bonds is 19. The lowest BCUT2D eigenvalue weighted by Gasteiger charge is -2.35. The van der Waals surface area contributed by atoms with Gasteiger partial charge in [0, 0.05) is 6.42 Å². The Labute approximate surface area is 175 Å². The van der Waals surface area contributed by atoms with Gasteiger partial charge in [-0.2, -0.15) is 0 Å². The summed E-state index contributed by atoms with van der Waals surface area (Å²) in [6.07, 6.45) is 21.5. The number of hydrogen-bond acceptors (Lipinski definition) is 2. The van der Waals surface area contributed by atoms with E-state index in [1.54, 1.807) is 0 Å². The molecule has 0 aromatic heterocycles. The molecule has 0 aliphatic carbocycles. The number of allylic oxidation sites excluding steroid dienone is 2. The SMILES string of the molecule is CCCCC/C=C\CCCCCCCCCCOP(=O)(O)C(CC)[N+](C)(C)C. The molecule has 168 valence electrons. The van der Waals surface area contributed by atoms with Crippen molar-refractivity contribution in [1.82, 2.24) is 0 Å². The monoisotopic (exact) mass is 418 g/mol. The van der Waals surface area contributed by atoms with Gasteiger partial charge in [-0.15, -0.1) is 0 Å². The van der Waals surface area contributed by atoms with Crippen LogP contribution in [0.1, 0.15) is 104 Å². The van der Waals surface area contributed by atoms with Crippen molar-refractivity contribution < 1.29 is 18.5 Å². The number of quaternary nitrogens is 1. The maximum atomic E-state index is 12.5. The van der Waals surface area contributed by atoms with Gasteiger partial charge in [0.2, 0.25) is 0 Å². The van der Waals surface area contributed by atoms with Crippen LogP contribution in [0.25, 0.3) is 0 Å². The highest BCUT2D eigenvalue weighted by molar-refractivity contribution is 7.53. The summed E-state index contributed by atoms with van der Waals surface area (Å²) >= 11 is 0. The molecule has 0 amide bonds. The van der Waals surface area contributed by atoms with Crippen LogP contribution in [0, 0.1) is 0 Å². The van der Waals surface area contributed by atoms with E-state index in [-0.39, 0.29) is 5.78 Å². The zero-order valence-corrected chi connectivity index (χ0v) is 20.4. The average Bonchev–Trinajstić information content (AvgIpc) is 2.60. The molecule has 5 heteroatoms. The fourth-order valence-corrected chi connectivity index (χ4v) is 5.57. The molecule has 0 aromatic carbocycles. The van der Waals surface area contributed by atoms with Gasteiger partial charge in [-0.1, -0.05) is 77.4 Å². The van der Waals surface area contributed by atoms with Crippen LogP contribution < -0.4 is 0 Å². The van der Waals surface area contributed by atoms with Crippen LogP contribution >= 0.6 is 7.60 Å². The molecular formula is C23H49NO3P+. The first kappa shape index (κ1) is 27.8. The lowest BCUT2D eigenvalue weighted by atomic mass is 10.1. The van der Waals surface area contributed by atoms with Gasteiger partial charge >= 0.3 is 7.60 Å². The molecule has 0 rings (SSSR count). The minimum atomic E-state index is -3.55. The molecule has 0 aliphatic heterocycles. The average molecular weight is 419 g/mol. The lowest BCUT2D eigenvalue weighted by Crippen LogP contribution is -2.44. The quantitative estimate of drug-likeness (QED) is 0.104. The Balaban J connectivity index is 3.54. The number of unbranched alkanes of at least 4 members (excludes halogenated alkanes) is 11. The summed E-state index contributed by atoms with van der Waals surface area (Å²) in [5.41, 5.74) is 0. The molecule has 0 radical (unpaired) electrons. The summed E-state index contributed by atoms with van der Waals surface area (Å²) in [5, 5.41) is 0. The van der Waals surface area contributed by atoms with E-state index in [4.69, 9.17) is 4.52 Å². The van der Waals surface area contributed by atoms with E-state index in [0.717, 1.165) is 12.8 Å². The lowest BCUT2D eigenvalue weighted by molar-refractivity contribution is -0.883. The summed E-state index contributed by atoms with van der Waals surface area (Å²) in [6, 6.07) is 0. The summed E-state index contributed by atoms with van der Waals surface area (Å²) in [4.78, 5) is 10.2. The first-order valence-corrected chi connectivity index (χ1v) is 13.3. The molecule has 4 nitrogen and oxygen atoms in total. The third kappa shape index (κ3) is 14.8. The molecule has 2 unspecified atom stereocenters. The second-order valence-corrected chi connectivity index (χ2v) is 11.0. The van der Waals surface area contributed by atoms with Gasteiger partial charge in [0.05, 0.1) is 27.7 Å². The van der Waals surface area contributed by atoms with Crippen LogP contribution in [0.2, 0.25) is 0 Å². The van der Waals surface area contributed by atoms with E-state index in [1.807, 2.05) is 28.1 Å². The standard InChI is InChI=1S/C23H48NO3P/c1-6-8-9-10-11-12-13-14-15-16-17-18-19-20-21-22-27-28(25,26)23(7-2)24(3,4)5/h11-12,23H,6-10,13-22H2,1-5H3/p+1/b12-11-. The van der Waals surface area contributed by atoms with E-state index in [1.165, 1.54) is 70.6 Å². The van der Waals surface area contributed by atoms with Crippen molar-refractivity contribution in [3.63, 3.8) is 0 Å². The summed E-state index contributed by atoms with van der Waals surface area (Å²) in [5.74, 6) is -0.348. The molecule has 0 aliphatic rings. The van der Waals surface area contributed by atoms with E-state index in [0.29, 0.717) is 17.5 Å². The van der Waals surface area contributed by atoms with Crippen molar-refractivity contribution in [3.05, 3.63) is 12.2 Å². The molecule has 28 heavy (non-hydrogen) atoms. The second kappa shape index (κ2) is 16.6. The Morgan fingerprint density at radius 1 is 0.821 bits per heavy atom. The highest BCUT2D eigenvalue weighted by atomic mass is 31.2. The van der Waals surface area contributed by atoms with Gasteiger partial charge in [0.25, 0.3) is 0 Å². The van der Waals surface area contributed by atoms with E-state index in [2.05, 4.69) is 19.1 Å². The fourth-order valence-electron chi connectivity index (χ4n) is 3.67. The van der Waals surface area contributed by atoms with Crippen molar-refractivity contribution in [2.45, 2.75) is 110 Å². The predicted octanol–water partition coefficient (Wildman–Crippen LogP) is 7.28. The minimum absolute atomic E-state index is 0.348. The van der Waals surface area contributed by atoms with Crippen LogP contribution in [0.5, 0.6) is 0 Å². The molecule has 0 heterocycles. The van der Waals surface area contributed by atoms with Crippen LogP contribution in [0.3, 0.4) is 0 Å². The zero-order chi connectivity index (χ0) is 21.3. The summed E-state index contributed by atoms with van der Waals surface area (Å²) in [7, 11) is 2.30. The van der Waals surface area contributed by atoms with Crippen molar-refractivity contribution >= 4 is 7.60 Å². The molecule has 0 fully saturated rings. The van der Waals surface area contributed by atoms with Crippen molar-refractivity contribution in [2.75, 3.05) is 27.7 Å². The Kier molecular flexibility index (Phi) is 16.5. The number of hydrogen-bond donors (Lipinski definition) is 1. The highest BCUT2D eigenvalue weighted by Gasteiger charge is 2.41. The summed E-state index contributed by atoms with van der Waals surface area (Å²) in [6.45, 7) is 4.60. The predicted molar refractivity (Wildman–Crippen MR) is 123 cm³/mol. The largest absolute Gasteiger partial charge is 0.385 e. The highest BCUT2D eigenvalue weighted by Crippen LogP contribution is 2.51. The maximum absolute atomic E-state index is 12.5. The third-order valence-electron chi connectivity index (χ3n) is 5.32. The smallest absolute Gasteiger partial charge is 0.320 e.